The monoisotopic (exact) mass is 156 g/mol. The summed E-state index contributed by atoms with van der Waals surface area (Å²) in [6.45, 7) is 13.5. The Kier molecular flexibility index (Phi) is 11.2. The Hall–Kier alpha value is -0.560. The molecule has 0 spiro atoms. The van der Waals surface area contributed by atoms with Crippen molar-refractivity contribution in [1.82, 2.24) is 0 Å². The lowest BCUT2D eigenvalue weighted by molar-refractivity contribution is 0.299. The SMILES string of the molecule is C=C(C)CC.C=C(C)CCO. The first-order chi connectivity index (χ1) is 5.04. The fraction of sp³-hybridized carbons (Fsp3) is 0.600. The molecule has 1 nitrogen and oxygen atoms in total. The van der Waals surface area contributed by atoms with Crippen LogP contribution in [0, 0.1) is 0 Å². The van der Waals surface area contributed by atoms with Gasteiger partial charge in [-0.2, -0.15) is 0 Å². The van der Waals surface area contributed by atoms with E-state index in [-0.39, 0.29) is 6.61 Å². The summed E-state index contributed by atoms with van der Waals surface area (Å²) in [6, 6.07) is 0. The van der Waals surface area contributed by atoms with Crippen LogP contribution in [0.15, 0.2) is 24.3 Å². The molecule has 0 aromatic carbocycles. The second-order valence-electron chi connectivity index (χ2n) is 2.74. The molecular formula is C10H20O. The minimum Gasteiger partial charge on any atom is -0.396 e. The molecule has 0 aliphatic heterocycles. The van der Waals surface area contributed by atoms with Crippen LogP contribution in [0.25, 0.3) is 0 Å². The van der Waals surface area contributed by atoms with Gasteiger partial charge in [0.05, 0.1) is 0 Å². The summed E-state index contributed by atoms with van der Waals surface area (Å²) < 4.78 is 0. The Morgan fingerprint density at radius 3 is 1.55 bits per heavy atom. The van der Waals surface area contributed by atoms with Crippen LogP contribution >= 0.6 is 0 Å². The van der Waals surface area contributed by atoms with E-state index in [0.717, 1.165) is 18.4 Å². The standard InChI is InChI=1S/C5H10O.C5H10/c1-5(2)3-4-6;1-4-5(2)3/h6H,1,3-4H2,2H3;2,4H2,1,3H3. The highest BCUT2D eigenvalue weighted by atomic mass is 16.2. The predicted octanol–water partition coefficient (Wildman–Crippen LogP) is 2.92. The third-order valence-electron chi connectivity index (χ3n) is 1.14. The molecule has 0 aromatic rings. The molecular weight excluding hydrogens is 136 g/mol. The summed E-state index contributed by atoms with van der Waals surface area (Å²) in [5, 5.41) is 8.18. The summed E-state index contributed by atoms with van der Waals surface area (Å²) in [5.74, 6) is 0. The highest BCUT2D eigenvalue weighted by molar-refractivity contribution is 4.86. The predicted molar refractivity (Wildman–Crippen MR) is 51.6 cm³/mol. The lowest BCUT2D eigenvalue weighted by Crippen LogP contribution is -1.79. The summed E-state index contributed by atoms with van der Waals surface area (Å²) >= 11 is 0. The molecule has 0 aliphatic rings. The van der Waals surface area contributed by atoms with Crippen molar-refractivity contribution in [2.45, 2.75) is 33.6 Å². The number of hydrogen-bond acceptors (Lipinski definition) is 1. The van der Waals surface area contributed by atoms with Crippen molar-refractivity contribution in [2.24, 2.45) is 0 Å². The minimum atomic E-state index is 0.231. The van der Waals surface area contributed by atoms with E-state index in [4.69, 9.17) is 5.11 Å². The zero-order chi connectivity index (χ0) is 9.28. The quantitative estimate of drug-likeness (QED) is 0.623. The van der Waals surface area contributed by atoms with Crippen molar-refractivity contribution in [2.75, 3.05) is 6.61 Å². The van der Waals surface area contributed by atoms with Gasteiger partial charge >= 0.3 is 0 Å². The van der Waals surface area contributed by atoms with E-state index >= 15 is 0 Å². The molecule has 0 saturated heterocycles. The molecule has 1 heteroatoms. The average molecular weight is 156 g/mol. The molecule has 0 saturated carbocycles. The Balaban J connectivity index is 0. The molecule has 66 valence electrons. The third kappa shape index (κ3) is 26.5. The van der Waals surface area contributed by atoms with Crippen LogP contribution in [0.1, 0.15) is 33.6 Å². The lowest BCUT2D eigenvalue weighted by Gasteiger charge is -1.87. The van der Waals surface area contributed by atoms with E-state index in [0.29, 0.717) is 0 Å². The first-order valence-electron chi connectivity index (χ1n) is 3.94. The Morgan fingerprint density at radius 2 is 1.55 bits per heavy atom. The molecule has 0 rings (SSSR count). The molecule has 0 heterocycles. The number of allylic oxidation sites excluding steroid dienone is 1. The van der Waals surface area contributed by atoms with Gasteiger partial charge in [0.25, 0.3) is 0 Å². The summed E-state index contributed by atoms with van der Waals surface area (Å²) in [5.41, 5.74) is 2.29. The van der Waals surface area contributed by atoms with Gasteiger partial charge in [0, 0.05) is 6.61 Å². The van der Waals surface area contributed by atoms with E-state index in [1.54, 1.807) is 0 Å². The molecule has 0 aliphatic carbocycles. The summed E-state index contributed by atoms with van der Waals surface area (Å²) in [4.78, 5) is 0. The van der Waals surface area contributed by atoms with Crippen molar-refractivity contribution >= 4 is 0 Å². The van der Waals surface area contributed by atoms with Gasteiger partial charge in [-0.1, -0.05) is 18.1 Å². The molecule has 0 bridgehead atoms. The van der Waals surface area contributed by atoms with Gasteiger partial charge in [0.15, 0.2) is 0 Å². The van der Waals surface area contributed by atoms with Gasteiger partial charge in [-0.25, -0.2) is 0 Å². The average Bonchev–Trinajstić information content (AvgIpc) is 1.89. The Labute approximate surface area is 70.4 Å². The molecule has 0 aromatic heterocycles. The zero-order valence-electron chi connectivity index (χ0n) is 7.98. The van der Waals surface area contributed by atoms with Crippen LogP contribution in [0.3, 0.4) is 0 Å². The molecule has 0 fully saturated rings. The van der Waals surface area contributed by atoms with E-state index in [1.807, 2.05) is 13.8 Å². The van der Waals surface area contributed by atoms with Crippen LogP contribution in [0.5, 0.6) is 0 Å². The van der Waals surface area contributed by atoms with Gasteiger partial charge in [-0.3, -0.25) is 0 Å². The van der Waals surface area contributed by atoms with Crippen molar-refractivity contribution in [3.05, 3.63) is 24.3 Å². The second-order valence-corrected chi connectivity index (χ2v) is 2.74. The van der Waals surface area contributed by atoms with Crippen LogP contribution in [-0.2, 0) is 0 Å². The first-order valence-corrected chi connectivity index (χ1v) is 3.94. The summed E-state index contributed by atoms with van der Waals surface area (Å²) in [6.07, 6.45) is 1.85. The molecule has 11 heavy (non-hydrogen) atoms. The minimum absolute atomic E-state index is 0.231. The highest BCUT2D eigenvalue weighted by Crippen LogP contribution is 1.90. The van der Waals surface area contributed by atoms with Crippen molar-refractivity contribution < 1.29 is 5.11 Å². The van der Waals surface area contributed by atoms with Gasteiger partial charge in [-0.15, -0.1) is 13.2 Å². The van der Waals surface area contributed by atoms with E-state index < -0.39 is 0 Å². The topological polar surface area (TPSA) is 20.2 Å². The maximum Gasteiger partial charge on any atom is 0.0467 e. The van der Waals surface area contributed by atoms with E-state index in [9.17, 15) is 0 Å². The number of hydrogen-bond donors (Lipinski definition) is 1. The van der Waals surface area contributed by atoms with Gasteiger partial charge in [0.1, 0.15) is 0 Å². The van der Waals surface area contributed by atoms with Crippen LogP contribution in [-0.4, -0.2) is 11.7 Å². The molecule has 0 unspecified atom stereocenters. The fourth-order valence-corrected chi connectivity index (χ4v) is 0.191. The van der Waals surface area contributed by atoms with Crippen molar-refractivity contribution in [1.29, 1.82) is 0 Å². The van der Waals surface area contributed by atoms with Crippen molar-refractivity contribution in [3.63, 3.8) is 0 Å². The molecule has 0 amide bonds. The maximum absolute atomic E-state index is 8.18. The zero-order valence-corrected chi connectivity index (χ0v) is 7.98. The molecule has 1 N–H and O–H groups in total. The van der Waals surface area contributed by atoms with Crippen molar-refractivity contribution in [3.8, 4) is 0 Å². The number of rotatable bonds is 3. The summed E-state index contributed by atoms with van der Waals surface area (Å²) in [7, 11) is 0. The highest BCUT2D eigenvalue weighted by Gasteiger charge is 1.77. The van der Waals surface area contributed by atoms with Crippen LogP contribution < -0.4 is 0 Å². The lowest BCUT2D eigenvalue weighted by atomic mass is 10.3. The van der Waals surface area contributed by atoms with Crippen LogP contribution in [0.2, 0.25) is 0 Å². The van der Waals surface area contributed by atoms with Gasteiger partial charge in [0.2, 0.25) is 0 Å². The van der Waals surface area contributed by atoms with Crippen LogP contribution in [0.4, 0.5) is 0 Å². The Bertz CT molecular complexity index is 114. The van der Waals surface area contributed by atoms with E-state index in [1.165, 1.54) is 5.57 Å². The fourth-order valence-electron chi connectivity index (χ4n) is 0.191. The first kappa shape index (κ1) is 13.1. The van der Waals surface area contributed by atoms with E-state index in [2.05, 4.69) is 20.1 Å². The number of aliphatic hydroxyl groups is 1. The second kappa shape index (κ2) is 9.44. The number of aliphatic hydroxyl groups excluding tert-OH is 1. The molecule has 0 atom stereocenters. The van der Waals surface area contributed by atoms with Gasteiger partial charge in [-0.05, 0) is 26.7 Å². The van der Waals surface area contributed by atoms with Gasteiger partial charge < -0.3 is 5.11 Å². The normalized spacial score (nSPS) is 8.00. The third-order valence-corrected chi connectivity index (χ3v) is 1.14. The smallest absolute Gasteiger partial charge is 0.0467 e. The molecule has 0 radical (unpaired) electrons. The largest absolute Gasteiger partial charge is 0.396 e. The Morgan fingerprint density at radius 1 is 1.18 bits per heavy atom. The maximum atomic E-state index is 8.18.